The summed E-state index contributed by atoms with van der Waals surface area (Å²) in [6.45, 7) is -1.78. The minimum absolute atomic E-state index is 0.00581. The number of rotatable bonds is 10. The molecule has 14 heteroatoms. The molecule has 1 aliphatic heterocycles. The first-order chi connectivity index (χ1) is 20.1. The summed E-state index contributed by atoms with van der Waals surface area (Å²) in [5.41, 5.74) is -0.176. The van der Waals surface area contributed by atoms with Crippen LogP contribution in [-0.2, 0) is 24.0 Å². The van der Waals surface area contributed by atoms with Crippen molar-refractivity contribution in [2.75, 3.05) is 29.5 Å². The van der Waals surface area contributed by atoms with Crippen LogP contribution < -0.4 is 20.4 Å². The highest BCUT2D eigenvalue weighted by Gasteiger charge is 2.38. The number of fused-ring (bicyclic) bond motifs is 2. The number of hydrogen-bond acceptors (Lipinski definition) is 8. The highest BCUT2D eigenvalue weighted by atomic mass is 19.1. The fraction of sp³-hybridized carbons (Fsp3) is 0.250. The van der Waals surface area contributed by atoms with Gasteiger partial charge in [-0.1, -0.05) is 24.3 Å². The monoisotopic (exact) mass is 579 g/mol. The molecule has 13 nitrogen and oxygen atoms in total. The smallest absolute Gasteiger partial charge is 0.305 e. The number of aldehydes is 1. The van der Waals surface area contributed by atoms with E-state index >= 15 is 0 Å². The largest absolute Gasteiger partial charge is 0.481 e. The molecule has 0 unspecified atom stereocenters. The highest BCUT2D eigenvalue weighted by Crippen LogP contribution is 2.34. The van der Waals surface area contributed by atoms with Crippen LogP contribution in [0.2, 0.25) is 0 Å². The minimum atomic E-state index is -1.47. The van der Waals surface area contributed by atoms with E-state index < -0.39 is 73.6 Å². The molecule has 218 valence electrons. The molecule has 0 bridgehead atoms. The number of nitrogens with one attached hydrogen (secondary N) is 2. The number of aliphatic hydroxyl groups is 1. The van der Waals surface area contributed by atoms with Gasteiger partial charge >= 0.3 is 5.97 Å². The zero-order chi connectivity index (χ0) is 30.4. The molecule has 0 radical (unpaired) electrons. The predicted molar refractivity (Wildman–Crippen MR) is 146 cm³/mol. The van der Waals surface area contributed by atoms with Gasteiger partial charge in [-0.3, -0.25) is 33.9 Å². The van der Waals surface area contributed by atoms with Crippen molar-refractivity contribution in [2.24, 2.45) is 0 Å². The first-order valence-electron chi connectivity index (χ1n) is 12.8. The van der Waals surface area contributed by atoms with Crippen LogP contribution in [0.4, 0.5) is 15.8 Å². The Hall–Kier alpha value is -5.24. The van der Waals surface area contributed by atoms with Crippen LogP contribution >= 0.6 is 0 Å². The third-order valence-corrected chi connectivity index (χ3v) is 6.48. The van der Waals surface area contributed by atoms with E-state index in [1.807, 2.05) is 0 Å². The Morgan fingerprint density at radius 2 is 1.88 bits per heavy atom. The molecule has 1 aromatic heterocycles. The van der Waals surface area contributed by atoms with Crippen molar-refractivity contribution in [3.63, 3.8) is 0 Å². The van der Waals surface area contributed by atoms with E-state index in [-0.39, 0.29) is 29.8 Å². The molecular weight excluding hydrogens is 553 g/mol. The Morgan fingerprint density at radius 3 is 2.60 bits per heavy atom. The number of nitrogens with zero attached hydrogens (tertiary/aromatic N) is 3. The Bertz CT molecular complexity index is 1560. The molecule has 4 amide bonds. The number of aliphatic carboxylic acids is 1. The molecule has 2 atom stereocenters. The van der Waals surface area contributed by atoms with Gasteiger partial charge < -0.3 is 30.5 Å². The lowest BCUT2D eigenvalue weighted by molar-refractivity contribution is -0.139. The summed E-state index contributed by atoms with van der Waals surface area (Å²) in [5.74, 6) is -5.34. The molecule has 4 N–H and O–H groups in total. The molecular formula is C28H26FN5O8. The van der Waals surface area contributed by atoms with Crippen LogP contribution in [0.25, 0.3) is 10.8 Å². The van der Waals surface area contributed by atoms with Crippen LogP contribution in [0.15, 0.2) is 54.7 Å². The summed E-state index contributed by atoms with van der Waals surface area (Å²) >= 11 is 0. The number of halogens is 1. The number of aliphatic hydroxyl groups excluding tert-OH is 1. The van der Waals surface area contributed by atoms with Crippen molar-refractivity contribution in [1.82, 2.24) is 15.6 Å². The van der Waals surface area contributed by atoms with E-state index in [0.717, 1.165) is 21.9 Å². The van der Waals surface area contributed by atoms with Crippen molar-refractivity contribution < 1.29 is 43.4 Å². The molecule has 3 aromatic rings. The summed E-state index contributed by atoms with van der Waals surface area (Å²) in [5, 5.41) is 24.4. The predicted octanol–water partition coefficient (Wildman–Crippen LogP) is 0.393. The van der Waals surface area contributed by atoms with Gasteiger partial charge in [-0.25, -0.2) is 4.39 Å². The number of aromatic nitrogens is 1. The number of carboxylic acid groups (broad SMARTS) is 1. The standard InChI is InChI=1S/C28H26FN5O8/c29-17-5-6-21-22(11-17)33(24(38)8-10-35)13-20(28(42)34(21)14-23(37)31-18(15-36)12-25(39)40)32-27(41)26-19-4-2-1-3-16(19)7-9-30-26/h1-7,9,11,15,18,20,35H,8,10,12-14H2,(H,31,37)(H,32,41)(H,39,40)/t18-,20-/m0/s1. The van der Waals surface area contributed by atoms with E-state index in [1.54, 1.807) is 30.3 Å². The highest BCUT2D eigenvalue weighted by molar-refractivity contribution is 6.12. The Labute approximate surface area is 237 Å². The van der Waals surface area contributed by atoms with Gasteiger partial charge in [0.05, 0.1) is 43.4 Å². The number of carbonyl (C=O) groups excluding carboxylic acids is 5. The third-order valence-electron chi connectivity index (χ3n) is 6.48. The Kier molecular flexibility index (Phi) is 9.17. The van der Waals surface area contributed by atoms with E-state index in [9.17, 15) is 38.3 Å². The summed E-state index contributed by atoms with van der Waals surface area (Å²) in [7, 11) is 0. The lowest BCUT2D eigenvalue weighted by Crippen LogP contribution is -2.55. The summed E-state index contributed by atoms with van der Waals surface area (Å²) in [6.07, 6.45) is 0.561. The van der Waals surface area contributed by atoms with Crippen molar-refractivity contribution in [3.8, 4) is 0 Å². The van der Waals surface area contributed by atoms with Gasteiger partial charge in [-0.15, -0.1) is 0 Å². The molecule has 4 rings (SSSR count). The van der Waals surface area contributed by atoms with Crippen molar-refractivity contribution in [2.45, 2.75) is 24.9 Å². The van der Waals surface area contributed by atoms with Crippen LogP contribution in [0.1, 0.15) is 23.3 Å². The molecule has 0 spiro atoms. The first kappa shape index (κ1) is 29.7. The number of anilines is 2. The van der Waals surface area contributed by atoms with Gasteiger partial charge in [0.15, 0.2) is 0 Å². The van der Waals surface area contributed by atoms with Gasteiger partial charge in [-0.05, 0) is 29.7 Å². The molecule has 42 heavy (non-hydrogen) atoms. The first-order valence-corrected chi connectivity index (χ1v) is 12.8. The number of amides is 4. The van der Waals surface area contributed by atoms with Gasteiger partial charge in [0.2, 0.25) is 11.8 Å². The second kappa shape index (κ2) is 13.0. The topological polar surface area (TPSA) is 186 Å². The van der Waals surface area contributed by atoms with Crippen molar-refractivity contribution in [1.29, 1.82) is 0 Å². The normalized spacial score (nSPS) is 15.4. The van der Waals surface area contributed by atoms with Gasteiger partial charge in [0, 0.05) is 11.6 Å². The van der Waals surface area contributed by atoms with E-state index in [0.29, 0.717) is 10.8 Å². The van der Waals surface area contributed by atoms with E-state index in [1.165, 1.54) is 12.3 Å². The maximum absolute atomic E-state index is 14.4. The average Bonchev–Trinajstić information content (AvgIpc) is 3.06. The second-order valence-electron chi connectivity index (χ2n) is 9.35. The van der Waals surface area contributed by atoms with Crippen LogP contribution in [0.5, 0.6) is 0 Å². The number of pyridine rings is 1. The summed E-state index contributed by atoms with van der Waals surface area (Å²) < 4.78 is 14.4. The summed E-state index contributed by atoms with van der Waals surface area (Å²) in [6, 6.07) is 8.89. The third kappa shape index (κ3) is 6.55. The maximum Gasteiger partial charge on any atom is 0.305 e. The fourth-order valence-electron chi connectivity index (χ4n) is 4.59. The molecule has 0 aliphatic carbocycles. The zero-order valence-electron chi connectivity index (χ0n) is 22.0. The summed E-state index contributed by atoms with van der Waals surface area (Å²) in [4.78, 5) is 81.6. The lowest BCUT2D eigenvalue weighted by Gasteiger charge is -2.25. The zero-order valence-corrected chi connectivity index (χ0v) is 22.0. The molecule has 0 saturated carbocycles. The van der Waals surface area contributed by atoms with Crippen LogP contribution in [0, 0.1) is 5.82 Å². The molecule has 2 aromatic carbocycles. The van der Waals surface area contributed by atoms with E-state index in [2.05, 4.69) is 15.6 Å². The van der Waals surface area contributed by atoms with Gasteiger partial charge in [0.25, 0.3) is 11.8 Å². The average molecular weight is 580 g/mol. The molecule has 0 saturated heterocycles. The SMILES string of the molecule is O=C[C@H](CC(=O)O)NC(=O)CN1C(=O)[C@@H](NC(=O)c2nccc3ccccc23)CN(C(=O)CCO)c2cc(F)ccc21. The van der Waals surface area contributed by atoms with Gasteiger partial charge in [-0.2, -0.15) is 0 Å². The number of carbonyl (C=O) groups is 6. The number of carboxylic acids is 1. The minimum Gasteiger partial charge on any atom is -0.481 e. The van der Waals surface area contributed by atoms with E-state index in [4.69, 9.17) is 5.11 Å². The maximum atomic E-state index is 14.4. The van der Waals surface area contributed by atoms with Crippen LogP contribution in [0.3, 0.4) is 0 Å². The molecule has 0 fully saturated rings. The van der Waals surface area contributed by atoms with Crippen molar-refractivity contribution in [3.05, 3.63) is 66.2 Å². The Balaban J connectivity index is 1.73. The lowest BCUT2D eigenvalue weighted by atomic mass is 10.1. The second-order valence-corrected chi connectivity index (χ2v) is 9.35. The fourth-order valence-corrected chi connectivity index (χ4v) is 4.59. The Morgan fingerprint density at radius 1 is 1.12 bits per heavy atom. The molecule has 2 heterocycles. The quantitative estimate of drug-likeness (QED) is 0.247. The van der Waals surface area contributed by atoms with Crippen molar-refractivity contribution >= 4 is 58.0 Å². The molecule has 1 aliphatic rings. The van der Waals surface area contributed by atoms with Gasteiger partial charge in [0.1, 0.15) is 30.4 Å². The number of hydrogen-bond donors (Lipinski definition) is 4. The van der Waals surface area contributed by atoms with Crippen LogP contribution in [-0.4, -0.2) is 82.9 Å². The number of benzene rings is 2.